The van der Waals surface area contributed by atoms with Crippen molar-refractivity contribution in [2.45, 2.75) is 46.0 Å². The molecule has 0 aliphatic heterocycles. The lowest BCUT2D eigenvalue weighted by molar-refractivity contribution is 0.764. The number of benzene rings is 1. The highest BCUT2D eigenvalue weighted by atomic mass is 14.4. The maximum atomic E-state index is 2.60. The van der Waals surface area contributed by atoms with Gasteiger partial charge in [0, 0.05) is 5.92 Å². The van der Waals surface area contributed by atoms with Crippen LogP contribution in [-0.4, -0.2) is 0 Å². The van der Waals surface area contributed by atoms with Crippen LogP contribution in [-0.2, 0) is 6.42 Å². The average Bonchev–Trinajstić information content (AvgIpc) is 3.27. The molecule has 0 heterocycles. The number of hydrogen-bond acceptors (Lipinski definition) is 0. The van der Waals surface area contributed by atoms with Gasteiger partial charge in [-0.25, -0.2) is 0 Å². The van der Waals surface area contributed by atoms with Crippen molar-refractivity contribution >= 4 is 0 Å². The van der Waals surface area contributed by atoms with E-state index < -0.39 is 0 Å². The van der Waals surface area contributed by atoms with Crippen molar-refractivity contribution in [3.05, 3.63) is 69.8 Å². The first kappa shape index (κ1) is 13.1. The normalized spacial score (nSPS) is 24.3. The molecule has 21 heavy (non-hydrogen) atoms. The molecule has 1 unspecified atom stereocenters. The summed E-state index contributed by atoms with van der Waals surface area (Å²) in [5.74, 6) is 1.49. The molecule has 0 aromatic heterocycles. The molecule has 0 bridgehead atoms. The van der Waals surface area contributed by atoms with Gasteiger partial charge in [0.05, 0.1) is 0 Å². The van der Waals surface area contributed by atoms with E-state index in [1.165, 1.54) is 48.8 Å². The second kappa shape index (κ2) is 5.02. The zero-order valence-electron chi connectivity index (χ0n) is 13.2. The highest BCUT2D eigenvalue weighted by Crippen LogP contribution is 2.50. The molecule has 3 aliphatic rings. The van der Waals surface area contributed by atoms with Crippen LogP contribution in [0.15, 0.2) is 53.1 Å². The van der Waals surface area contributed by atoms with Gasteiger partial charge in [-0.15, -0.1) is 0 Å². The first-order chi connectivity index (χ1) is 10.2. The minimum absolute atomic E-state index is 0.618. The van der Waals surface area contributed by atoms with Gasteiger partial charge in [-0.2, -0.15) is 0 Å². The van der Waals surface area contributed by atoms with Crippen molar-refractivity contribution < 1.29 is 0 Å². The summed E-state index contributed by atoms with van der Waals surface area (Å²) in [6, 6.07) is 6.88. The summed E-state index contributed by atoms with van der Waals surface area (Å²) < 4.78 is 0. The summed E-state index contributed by atoms with van der Waals surface area (Å²) in [5, 5.41) is 0. The molecular formula is C21H24. The van der Waals surface area contributed by atoms with Gasteiger partial charge in [0.25, 0.3) is 0 Å². The van der Waals surface area contributed by atoms with E-state index in [4.69, 9.17) is 0 Å². The molecule has 0 radical (unpaired) electrons. The fourth-order valence-corrected chi connectivity index (χ4v) is 3.90. The van der Waals surface area contributed by atoms with Crippen LogP contribution in [0.2, 0.25) is 0 Å². The van der Waals surface area contributed by atoms with Crippen molar-refractivity contribution in [2.75, 3.05) is 0 Å². The molecule has 0 saturated heterocycles. The Labute approximate surface area is 128 Å². The van der Waals surface area contributed by atoms with Crippen molar-refractivity contribution in [3.63, 3.8) is 0 Å². The Morgan fingerprint density at radius 2 is 1.81 bits per heavy atom. The predicted molar refractivity (Wildman–Crippen MR) is 89.3 cm³/mol. The third kappa shape index (κ3) is 2.41. The van der Waals surface area contributed by atoms with E-state index in [0.29, 0.717) is 5.92 Å². The molecule has 0 nitrogen and oxygen atoms in total. The molecule has 1 aromatic carbocycles. The number of rotatable bonds is 3. The van der Waals surface area contributed by atoms with Gasteiger partial charge in [0.2, 0.25) is 0 Å². The Morgan fingerprint density at radius 1 is 1.00 bits per heavy atom. The average molecular weight is 276 g/mol. The van der Waals surface area contributed by atoms with Gasteiger partial charge in [0.15, 0.2) is 0 Å². The second-order valence-corrected chi connectivity index (χ2v) is 6.99. The quantitative estimate of drug-likeness (QED) is 0.687. The van der Waals surface area contributed by atoms with Gasteiger partial charge >= 0.3 is 0 Å². The SMILES string of the molecule is Cc1ccc(C)c(CC2C=C(C3CC3)C3=CCCC=C32)c1. The molecular weight excluding hydrogens is 252 g/mol. The molecule has 1 atom stereocenters. The zero-order valence-corrected chi connectivity index (χ0v) is 13.2. The lowest BCUT2D eigenvalue weighted by Crippen LogP contribution is -2.05. The first-order valence-electron chi connectivity index (χ1n) is 8.41. The lowest BCUT2D eigenvalue weighted by atomic mass is 9.87. The predicted octanol–water partition coefficient (Wildman–Crippen LogP) is 5.46. The second-order valence-electron chi connectivity index (χ2n) is 6.99. The van der Waals surface area contributed by atoms with Crippen molar-refractivity contribution in [1.82, 2.24) is 0 Å². The molecule has 1 fully saturated rings. The van der Waals surface area contributed by atoms with E-state index in [0.717, 1.165) is 5.92 Å². The molecule has 0 N–H and O–H groups in total. The van der Waals surface area contributed by atoms with Crippen LogP contribution in [0.1, 0.15) is 42.4 Å². The summed E-state index contributed by atoms with van der Waals surface area (Å²) in [5.41, 5.74) is 9.27. The van der Waals surface area contributed by atoms with Gasteiger partial charge in [0.1, 0.15) is 0 Å². The first-order valence-corrected chi connectivity index (χ1v) is 8.41. The van der Waals surface area contributed by atoms with Gasteiger partial charge in [-0.1, -0.05) is 42.0 Å². The number of hydrogen-bond donors (Lipinski definition) is 0. The van der Waals surface area contributed by atoms with Crippen molar-refractivity contribution in [2.24, 2.45) is 11.8 Å². The molecule has 4 rings (SSSR count). The molecule has 0 heteroatoms. The van der Waals surface area contributed by atoms with Gasteiger partial charge in [-0.05, 0) is 79.7 Å². The Morgan fingerprint density at radius 3 is 2.62 bits per heavy atom. The van der Waals surface area contributed by atoms with E-state index in [9.17, 15) is 0 Å². The van der Waals surface area contributed by atoms with E-state index >= 15 is 0 Å². The standard InChI is InChI=1S/C21H24/c1-14-7-8-15(2)17(11-14)12-18-13-21(16-9-10-16)20-6-4-3-5-19(18)20/h5-8,11,13,16,18H,3-4,9-10,12H2,1-2H3. The Kier molecular flexibility index (Phi) is 3.14. The highest BCUT2D eigenvalue weighted by Gasteiger charge is 2.36. The summed E-state index contributed by atoms with van der Waals surface area (Å²) >= 11 is 0. The van der Waals surface area contributed by atoms with E-state index in [1.807, 2.05) is 0 Å². The van der Waals surface area contributed by atoms with Crippen LogP contribution in [0.3, 0.4) is 0 Å². The highest BCUT2D eigenvalue weighted by molar-refractivity contribution is 5.58. The molecule has 3 aliphatic carbocycles. The molecule has 108 valence electrons. The Hall–Kier alpha value is -1.56. The van der Waals surface area contributed by atoms with E-state index in [-0.39, 0.29) is 0 Å². The maximum Gasteiger partial charge on any atom is 0.00673 e. The van der Waals surface area contributed by atoms with Crippen LogP contribution in [0.4, 0.5) is 0 Å². The topological polar surface area (TPSA) is 0 Å². The number of aryl methyl sites for hydroxylation is 2. The molecule has 1 aromatic rings. The van der Waals surface area contributed by atoms with Crippen LogP contribution in [0, 0.1) is 25.7 Å². The molecule has 0 amide bonds. The zero-order chi connectivity index (χ0) is 14.4. The minimum Gasteiger partial charge on any atom is -0.0798 e. The van der Waals surface area contributed by atoms with Crippen molar-refractivity contribution in [1.29, 1.82) is 0 Å². The summed E-state index contributed by atoms with van der Waals surface area (Å²) in [6.07, 6.45) is 14.1. The van der Waals surface area contributed by atoms with Crippen LogP contribution in [0.5, 0.6) is 0 Å². The van der Waals surface area contributed by atoms with Crippen LogP contribution >= 0.6 is 0 Å². The van der Waals surface area contributed by atoms with Crippen molar-refractivity contribution in [3.8, 4) is 0 Å². The largest absolute Gasteiger partial charge is 0.0798 e. The van der Waals surface area contributed by atoms with Gasteiger partial charge in [-0.3, -0.25) is 0 Å². The Balaban J connectivity index is 1.66. The van der Waals surface area contributed by atoms with Crippen LogP contribution in [0.25, 0.3) is 0 Å². The summed E-state index contributed by atoms with van der Waals surface area (Å²) in [4.78, 5) is 0. The van der Waals surface area contributed by atoms with E-state index in [2.05, 4.69) is 50.3 Å². The molecule has 0 spiro atoms. The summed E-state index contributed by atoms with van der Waals surface area (Å²) in [6.45, 7) is 4.45. The fraction of sp³-hybridized carbons (Fsp3) is 0.429. The maximum absolute atomic E-state index is 2.60. The fourth-order valence-electron chi connectivity index (χ4n) is 3.90. The smallest absolute Gasteiger partial charge is 0.00673 e. The van der Waals surface area contributed by atoms with E-state index in [1.54, 1.807) is 16.7 Å². The monoisotopic (exact) mass is 276 g/mol. The number of allylic oxidation sites excluding steroid dienone is 6. The van der Waals surface area contributed by atoms with Crippen LogP contribution < -0.4 is 0 Å². The number of fused-ring (bicyclic) bond motifs is 1. The minimum atomic E-state index is 0.618. The summed E-state index contributed by atoms with van der Waals surface area (Å²) in [7, 11) is 0. The Bertz CT molecular complexity index is 665. The third-order valence-corrected chi connectivity index (χ3v) is 5.24. The third-order valence-electron chi connectivity index (χ3n) is 5.24. The van der Waals surface area contributed by atoms with Gasteiger partial charge < -0.3 is 0 Å². The lowest BCUT2D eigenvalue weighted by Gasteiger charge is -2.18. The molecule has 1 saturated carbocycles.